The van der Waals surface area contributed by atoms with Gasteiger partial charge >= 0.3 is 0 Å². The minimum Gasteiger partial charge on any atom is -0.310 e. The Kier molecular flexibility index (Phi) is 2.87. The molecule has 1 aliphatic heterocycles. The molecule has 1 rings (SSSR count). The topological polar surface area (TPSA) is 23.6 Å². The van der Waals surface area contributed by atoms with Gasteiger partial charge in [0.15, 0.2) is 0 Å². The molecule has 68 valence electrons. The van der Waals surface area contributed by atoms with Gasteiger partial charge in [-0.05, 0) is 12.8 Å². The van der Waals surface area contributed by atoms with Gasteiger partial charge in [-0.15, -0.1) is 0 Å². The van der Waals surface area contributed by atoms with Crippen molar-refractivity contribution in [3.8, 4) is 0 Å². The van der Waals surface area contributed by atoms with Crippen LogP contribution in [-0.2, 0) is 4.79 Å². The van der Waals surface area contributed by atoms with E-state index in [-0.39, 0.29) is 5.92 Å². The molecule has 1 atom stereocenters. The first-order valence-electron chi connectivity index (χ1n) is 4.25. The fourth-order valence-electron chi connectivity index (χ4n) is 1.57. The zero-order chi connectivity index (χ0) is 9.14. The Morgan fingerprint density at radius 3 is 2.83 bits per heavy atom. The second-order valence-corrected chi connectivity index (χ2v) is 3.35. The second-order valence-electron chi connectivity index (χ2n) is 3.35. The van der Waals surface area contributed by atoms with E-state index in [9.17, 15) is 4.79 Å². The van der Waals surface area contributed by atoms with Crippen LogP contribution in [0.2, 0.25) is 0 Å². The van der Waals surface area contributed by atoms with Crippen LogP contribution in [0.5, 0.6) is 0 Å². The minimum absolute atomic E-state index is 0.0288. The number of hydrogen-bond donors (Lipinski definition) is 0. The first kappa shape index (κ1) is 9.26. The summed E-state index contributed by atoms with van der Waals surface area (Å²) in [7, 11) is 3.94. The maximum Gasteiger partial charge on any atom is 0.128 e. The maximum absolute atomic E-state index is 10.6. The molecule has 1 unspecified atom stereocenters. The van der Waals surface area contributed by atoms with E-state index >= 15 is 0 Å². The molecule has 0 spiro atoms. The van der Waals surface area contributed by atoms with Crippen molar-refractivity contribution in [2.24, 2.45) is 5.92 Å². The van der Waals surface area contributed by atoms with Crippen molar-refractivity contribution in [2.45, 2.75) is 12.8 Å². The molecule has 0 amide bonds. The summed E-state index contributed by atoms with van der Waals surface area (Å²) in [6, 6.07) is 0. The standard InChI is InChI=1S/C9H16N2O/c1-8-9(7-12)5-4-6-11(8)10(2)3/h7,9H,1,4-6H2,2-3H3. The summed E-state index contributed by atoms with van der Waals surface area (Å²) >= 11 is 0. The predicted octanol–water partition coefficient (Wildman–Crippen LogP) is 0.888. The van der Waals surface area contributed by atoms with E-state index in [4.69, 9.17) is 0 Å². The minimum atomic E-state index is 0.0288. The van der Waals surface area contributed by atoms with E-state index < -0.39 is 0 Å². The third-order valence-electron chi connectivity index (χ3n) is 2.29. The van der Waals surface area contributed by atoms with Gasteiger partial charge in [-0.25, -0.2) is 5.01 Å². The quantitative estimate of drug-likeness (QED) is 0.572. The molecule has 0 bridgehead atoms. The van der Waals surface area contributed by atoms with E-state index in [1.807, 2.05) is 19.1 Å². The average molecular weight is 168 g/mol. The van der Waals surface area contributed by atoms with E-state index in [1.54, 1.807) is 0 Å². The van der Waals surface area contributed by atoms with Crippen LogP contribution in [0.4, 0.5) is 0 Å². The average Bonchev–Trinajstić information content (AvgIpc) is 2.04. The maximum atomic E-state index is 10.6. The third kappa shape index (κ3) is 1.67. The van der Waals surface area contributed by atoms with Gasteiger partial charge in [0, 0.05) is 26.3 Å². The third-order valence-corrected chi connectivity index (χ3v) is 2.29. The van der Waals surface area contributed by atoms with Gasteiger partial charge in [0.1, 0.15) is 6.29 Å². The molecule has 12 heavy (non-hydrogen) atoms. The summed E-state index contributed by atoms with van der Waals surface area (Å²) in [5.41, 5.74) is 0.932. The summed E-state index contributed by atoms with van der Waals surface area (Å²) in [4.78, 5) is 10.6. The van der Waals surface area contributed by atoms with E-state index in [0.717, 1.165) is 31.4 Å². The molecule has 1 heterocycles. The SMILES string of the molecule is C=C1C(C=O)CCCN1N(C)C. The lowest BCUT2D eigenvalue weighted by Gasteiger charge is -2.38. The van der Waals surface area contributed by atoms with Crippen molar-refractivity contribution < 1.29 is 4.79 Å². The fourth-order valence-corrected chi connectivity index (χ4v) is 1.57. The number of hydrogen-bond acceptors (Lipinski definition) is 3. The van der Waals surface area contributed by atoms with Crippen molar-refractivity contribution in [1.82, 2.24) is 10.0 Å². The van der Waals surface area contributed by atoms with Crippen LogP contribution in [0.15, 0.2) is 12.3 Å². The van der Waals surface area contributed by atoms with Crippen molar-refractivity contribution >= 4 is 6.29 Å². The van der Waals surface area contributed by atoms with Gasteiger partial charge < -0.3 is 9.80 Å². The molecule has 1 fully saturated rings. The van der Waals surface area contributed by atoms with Crippen LogP contribution in [-0.4, -0.2) is 36.9 Å². The number of allylic oxidation sites excluding steroid dienone is 1. The molecule has 3 heteroatoms. The fraction of sp³-hybridized carbons (Fsp3) is 0.667. The summed E-state index contributed by atoms with van der Waals surface area (Å²) < 4.78 is 0. The zero-order valence-electron chi connectivity index (χ0n) is 7.79. The zero-order valence-corrected chi connectivity index (χ0v) is 7.79. The van der Waals surface area contributed by atoms with Crippen molar-refractivity contribution in [3.63, 3.8) is 0 Å². The summed E-state index contributed by atoms with van der Waals surface area (Å²) in [5.74, 6) is 0.0288. The number of hydrazine groups is 1. The predicted molar refractivity (Wildman–Crippen MR) is 48.3 cm³/mol. The molecule has 0 aromatic rings. The Bertz CT molecular complexity index is 189. The number of aldehydes is 1. The molecule has 0 saturated carbocycles. The van der Waals surface area contributed by atoms with Crippen LogP contribution in [0, 0.1) is 5.92 Å². The molecule has 0 aromatic carbocycles. The van der Waals surface area contributed by atoms with Crippen LogP contribution in [0.25, 0.3) is 0 Å². The Morgan fingerprint density at radius 2 is 2.33 bits per heavy atom. The Balaban J connectivity index is 2.65. The number of nitrogens with zero attached hydrogens (tertiary/aromatic N) is 2. The highest BCUT2D eigenvalue weighted by atomic mass is 16.1. The normalized spacial score (nSPS) is 24.8. The van der Waals surface area contributed by atoms with E-state index in [1.165, 1.54) is 0 Å². The summed E-state index contributed by atoms with van der Waals surface area (Å²) in [5, 5.41) is 4.04. The lowest BCUT2D eigenvalue weighted by Crippen LogP contribution is -2.42. The van der Waals surface area contributed by atoms with Gasteiger partial charge in [0.2, 0.25) is 0 Å². The molecule has 1 aliphatic rings. The van der Waals surface area contributed by atoms with Crippen LogP contribution >= 0.6 is 0 Å². The molecule has 0 aliphatic carbocycles. The van der Waals surface area contributed by atoms with Crippen molar-refractivity contribution in [2.75, 3.05) is 20.6 Å². The smallest absolute Gasteiger partial charge is 0.128 e. The Labute approximate surface area is 73.6 Å². The van der Waals surface area contributed by atoms with E-state index in [0.29, 0.717) is 0 Å². The summed E-state index contributed by atoms with van der Waals surface area (Å²) in [6.45, 7) is 4.90. The Hall–Kier alpha value is -0.830. The lowest BCUT2D eigenvalue weighted by molar-refractivity contribution is -0.112. The molecular weight excluding hydrogens is 152 g/mol. The van der Waals surface area contributed by atoms with Crippen LogP contribution < -0.4 is 0 Å². The van der Waals surface area contributed by atoms with Crippen LogP contribution in [0.3, 0.4) is 0 Å². The van der Waals surface area contributed by atoms with Gasteiger partial charge in [-0.3, -0.25) is 0 Å². The Morgan fingerprint density at radius 1 is 1.67 bits per heavy atom. The van der Waals surface area contributed by atoms with Crippen molar-refractivity contribution in [1.29, 1.82) is 0 Å². The highest BCUT2D eigenvalue weighted by Gasteiger charge is 2.23. The summed E-state index contributed by atoms with van der Waals surface area (Å²) in [6.07, 6.45) is 3.02. The van der Waals surface area contributed by atoms with Crippen molar-refractivity contribution in [3.05, 3.63) is 12.3 Å². The molecule has 1 saturated heterocycles. The first-order valence-corrected chi connectivity index (χ1v) is 4.25. The first-order chi connectivity index (χ1) is 5.66. The van der Waals surface area contributed by atoms with Gasteiger partial charge in [0.05, 0.1) is 5.92 Å². The largest absolute Gasteiger partial charge is 0.310 e. The number of carbonyl (C=O) groups is 1. The van der Waals surface area contributed by atoms with E-state index in [2.05, 4.69) is 11.6 Å². The number of rotatable bonds is 2. The number of piperidine rings is 1. The number of carbonyl (C=O) groups excluding carboxylic acids is 1. The lowest BCUT2D eigenvalue weighted by atomic mass is 9.97. The molecule has 0 N–H and O–H groups in total. The van der Waals surface area contributed by atoms with Crippen LogP contribution in [0.1, 0.15) is 12.8 Å². The molecular formula is C9H16N2O. The highest BCUT2D eigenvalue weighted by molar-refractivity contribution is 5.58. The highest BCUT2D eigenvalue weighted by Crippen LogP contribution is 2.24. The monoisotopic (exact) mass is 168 g/mol. The van der Waals surface area contributed by atoms with Gasteiger partial charge in [-0.2, -0.15) is 0 Å². The molecule has 3 nitrogen and oxygen atoms in total. The second kappa shape index (κ2) is 3.72. The molecule has 0 radical (unpaired) electrons. The van der Waals surface area contributed by atoms with Gasteiger partial charge in [-0.1, -0.05) is 6.58 Å². The molecule has 0 aromatic heterocycles. The van der Waals surface area contributed by atoms with Gasteiger partial charge in [0.25, 0.3) is 0 Å².